The highest BCUT2D eigenvalue weighted by atomic mass is 35.5. The van der Waals surface area contributed by atoms with Crippen molar-refractivity contribution in [2.24, 2.45) is 0 Å². The fourth-order valence-electron chi connectivity index (χ4n) is 1.53. The summed E-state index contributed by atoms with van der Waals surface area (Å²) in [5, 5.41) is 14.5. The number of aryl methyl sites for hydroxylation is 1. The van der Waals surface area contributed by atoms with Crippen molar-refractivity contribution in [3.63, 3.8) is 0 Å². The van der Waals surface area contributed by atoms with E-state index in [9.17, 15) is 9.59 Å². The molecule has 2 amide bonds. The molecule has 1 rings (SSSR count). The molecule has 0 spiro atoms. The number of benzene rings is 1. The lowest BCUT2D eigenvalue weighted by Gasteiger charge is -2.07. The summed E-state index contributed by atoms with van der Waals surface area (Å²) in [5.74, 6) is -1.12. The smallest absolute Gasteiger partial charge is 0.269 e. The Kier molecular flexibility index (Phi) is 6.44. The minimum Gasteiger partial charge on any atom is -0.360 e. The predicted molar refractivity (Wildman–Crippen MR) is 81.6 cm³/mol. The van der Waals surface area contributed by atoms with Crippen LogP contribution in [0.15, 0.2) is 30.0 Å². The number of carbonyl (C=O) groups excluding carboxylic acids is 2. The second-order valence-electron chi connectivity index (χ2n) is 4.40. The number of halogens is 1. The first-order valence-corrected chi connectivity index (χ1v) is 6.82. The fourth-order valence-corrected chi connectivity index (χ4v) is 1.70. The van der Waals surface area contributed by atoms with Crippen LogP contribution in [-0.2, 0) is 9.59 Å². The third-order valence-electron chi connectivity index (χ3n) is 2.67. The van der Waals surface area contributed by atoms with Gasteiger partial charge in [0.1, 0.15) is 11.6 Å². The first-order valence-electron chi connectivity index (χ1n) is 6.45. The number of anilines is 1. The molecule has 2 N–H and O–H groups in total. The van der Waals surface area contributed by atoms with E-state index in [1.807, 2.05) is 19.9 Å². The van der Waals surface area contributed by atoms with Gasteiger partial charge in [0, 0.05) is 23.3 Å². The van der Waals surface area contributed by atoms with E-state index < -0.39 is 11.8 Å². The standard InChI is InChI=1S/C15H16ClN3O2/c1-3-4-14(20)19-15(21)11(8-17)9-18-13-7-12(16)6-5-10(13)2/h5-7,9,18H,3-4H2,1-2H3,(H,19,20,21)/b11-9+. The average Bonchev–Trinajstić information content (AvgIpc) is 2.43. The topological polar surface area (TPSA) is 82.0 Å². The molecule has 0 saturated heterocycles. The lowest BCUT2D eigenvalue weighted by Crippen LogP contribution is -2.31. The molecule has 1 aromatic rings. The third kappa shape index (κ3) is 5.28. The van der Waals surface area contributed by atoms with Crippen molar-refractivity contribution in [1.82, 2.24) is 5.32 Å². The van der Waals surface area contributed by atoms with Crippen molar-refractivity contribution in [3.8, 4) is 6.07 Å². The molecular weight excluding hydrogens is 290 g/mol. The quantitative estimate of drug-likeness (QED) is 0.647. The Balaban J connectivity index is 2.80. The van der Waals surface area contributed by atoms with Gasteiger partial charge in [-0.2, -0.15) is 5.26 Å². The van der Waals surface area contributed by atoms with Gasteiger partial charge in [-0.25, -0.2) is 0 Å². The van der Waals surface area contributed by atoms with Gasteiger partial charge in [-0.3, -0.25) is 14.9 Å². The van der Waals surface area contributed by atoms with E-state index in [-0.39, 0.29) is 12.0 Å². The molecule has 0 aliphatic rings. The minimum absolute atomic E-state index is 0.182. The van der Waals surface area contributed by atoms with Gasteiger partial charge in [0.2, 0.25) is 5.91 Å². The molecule has 0 aliphatic heterocycles. The minimum atomic E-state index is -0.719. The fraction of sp³-hybridized carbons (Fsp3) is 0.267. The molecule has 21 heavy (non-hydrogen) atoms. The van der Waals surface area contributed by atoms with Crippen LogP contribution < -0.4 is 10.6 Å². The first-order chi connectivity index (χ1) is 9.97. The predicted octanol–water partition coefficient (Wildman–Crippen LogP) is 2.91. The van der Waals surface area contributed by atoms with Crippen LogP contribution in [0.1, 0.15) is 25.3 Å². The van der Waals surface area contributed by atoms with E-state index >= 15 is 0 Å². The molecule has 0 aliphatic carbocycles. The maximum atomic E-state index is 11.7. The average molecular weight is 306 g/mol. The number of hydrogen-bond acceptors (Lipinski definition) is 4. The molecule has 0 fully saturated rings. The van der Waals surface area contributed by atoms with Crippen molar-refractivity contribution in [2.75, 3.05) is 5.32 Å². The van der Waals surface area contributed by atoms with Gasteiger partial charge in [0.05, 0.1) is 0 Å². The van der Waals surface area contributed by atoms with Crippen LogP contribution in [0.4, 0.5) is 5.69 Å². The molecule has 110 valence electrons. The largest absolute Gasteiger partial charge is 0.360 e. The number of nitrogens with zero attached hydrogens (tertiary/aromatic N) is 1. The number of imide groups is 1. The maximum absolute atomic E-state index is 11.7. The summed E-state index contributed by atoms with van der Waals surface area (Å²) in [4.78, 5) is 23.1. The molecule has 0 heterocycles. The second kappa shape index (κ2) is 8.08. The summed E-state index contributed by atoms with van der Waals surface area (Å²) in [5.41, 5.74) is 1.41. The molecule has 0 atom stereocenters. The van der Waals surface area contributed by atoms with Crippen LogP contribution in [0.25, 0.3) is 0 Å². The number of rotatable bonds is 5. The molecule has 6 heteroatoms. The monoisotopic (exact) mass is 305 g/mol. The number of carbonyl (C=O) groups is 2. The van der Waals surface area contributed by atoms with Gasteiger partial charge in [-0.1, -0.05) is 24.6 Å². The van der Waals surface area contributed by atoms with Gasteiger partial charge >= 0.3 is 0 Å². The molecule has 5 nitrogen and oxygen atoms in total. The lowest BCUT2D eigenvalue weighted by molar-refractivity contribution is -0.128. The van der Waals surface area contributed by atoms with Crippen molar-refractivity contribution in [3.05, 3.63) is 40.6 Å². The summed E-state index contributed by atoms with van der Waals surface area (Å²) in [6, 6.07) is 7.00. The zero-order valence-corrected chi connectivity index (χ0v) is 12.6. The van der Waals surface area contributed by atoms with Gasteiger partial charge in [0.15, 0.2) is 0 Å². The van der Waals surface area contributed by atoms with Gasteiger partial charge < -0.3 is 5.32 Å². The molecule has 0 unspecified atom stereocenters. The van der Waals surface area contributed by atoms with E-state index in [2.05, 4.69) is 10.6 Å². The highest BCUT2D eigenvalue weighted by molar-refractivity contribution is 6.30. The Morgan fingerprint density at radius 3 is 2.76 bits per heavy atom. The number of amides is 2. The number of nitrogens with one attached hydrogen (secondary N) is 2. The number of nitriles is 1. The Morgan fingerprint density at radius 1 is 1.43 bits per heavy atom. The Bertz CT molecular complexity index is 618. The van der Waals surface area contributed by atoms with Crippen molar-refractivity contribution in [1.29, 1.82) is 5.26 Å². The van der Waals surface area contributed by atoms with E-state index in [1.165, 1.54) is 6.20 Å². The Hall–Kier alpha value is -2.32. The molecule has 0 bridgehead atoms. The highest BCUT2D eigenvalue weighted by Crippen LogP contribution is 2.20. The van der Waals surface area contributed by atoms with Crippen LogP contribution in [0.2, 0.25) is 5.02 Å². The second-order valence-corrected chi connectivity index (χ2v) is 4.84. The van der Waals surface area contributed by atoms with Crippen molar-refractivity contribution >= 4 is 29.1 Å². The lowest BCUT2D eigenvalue weighted by atomic mass is 10.2. The number of hydrogen-bond donors (Lipinski definition) is 2. The zero-order valence-electron chi connectivity index (χ0n) is 11.9. The molecule has 0 saturated carbocycles. The summed E-state index contributed by atoms with van der Waals surface area (Å²) in [7, 11) is 0. The zero-order chi connectivity index (χ0) is 15.8. The van der Waals surface area contributed by atoms with Gasteiger partial charge in [0.25, 0.3) is 5.91 Å². The van der Waals surface area contributed by atoms with Crippen LogP contribution in [-0.4, -0.2) is 11.8 Å². The van der Waals surface area contributed by atoms with E-state index in [4.69, 9.17) is 16.9 Å². The third-order valence-corrected chi connectivity index (χ3v) is 2.90. The normalized spacial score (nSPS) is 10.7. The SMILES string of the molecule is CCCC(=O)NC(=O)/C(C#N)=C/Nc1cc(Cl)ccc1C. The van der Waals surface area contributed by atoms with Crippen LogP contribution >= 0.6 is 11.6 Å². The summed E-state index contributed by atoms with van der Waals surface area (Å²) < 4.78 is 0. The van der Waals surface area contributed by atoms with Crippen molar-refractivity contribution in [2.45, 2.75) is 26.7 Å². The molecule has 1 aromatic carbocycles. The molecular formula is C15H16ClN3O2. The summed E-state index contributed by atoms with van der Waals surface area (Å²) in [6.45, 7) is 3.69. The van der Waals surface area contributed by atoms with E-state index in [0.29, 0.717) is 17.1 Å². The van der Waals surface area contributed by atoms with E-state index in [0.717, 1.165) is 5.56 Å². The Morgan fingerprint density at radius 2 is 2.14 bits per heavy atom. The highest BCUT2D eigenvalue weighted by Gasteiger charge is 2.12. The van der Waals surface area contributed by atoms with E-state index in [1.54, 1.807) is 18.2 Å². The van der Waals surface area contributed by atoms with Crippen LogP contribution in [0.3, 0.4) is 0 Å². The van der Waals surface area contributed by atoms with Crippen LogP contribution in [0, 0.1) is 18.3 Å². The Labute approximate surface area is 128 Å². The van der Waals surface area contributed by atoms with Gasteiger partial charge in [-0.05, 0) is 31.0 Å². The first kappa shape index (κ1) is 16.7. The van der Waals surface area contributed by atoms with Gasteiger partial charge in [-0.15, -0.1) is 0 Å². The molecule has 0 radical (unpaired) electrons. The summed E-state index contributed by atoms with van der Waals surface area (Å²) in [6.07, 6.45) is 2.13. The van der Waals surface area contributed by atoms with Crippen LogP contribution in [0.5, 0.6) is 0 Å². The van der Waals surface area contributed by atoms with Crippen molar-refractivity contribution < 1.29 is 9.59 Å². The summed E-state index contributed by atoms with van der Waals surface area (Å²) >= 11 is 5.88. The molecule has 0 aromatic heterocycles. The maximum Gasteiger partial charge on any atom is 0.269 e.